The SMILES string of the molecule is COC(=O)c1cccc(NC(=O)Nc2ccc3c(c2)N(S(=O)(=O)c2ccccc2)CC3)c1. The summed E-state index contributed by atoms with van der Waals surface area (Å²) < 4.78 is 32.2. The molecular weight excluding hydrogens is 430 g/mol. The van der Waals surface area contributed by atoms with E-state index >= 15 is 0 Å². The lowest BCUT2D eigenvalue weighted by atomic mass is 10.1. The van der Waals surface area contributed by atoms with Crippen molar-refractivity contribution in [1.29, 1.82) is 0 Å². The Bertz CT molecular complexity index is 1280. The van der Waals surface area contributed by atoms with E-state index in [0.717, 1.165) is 5.56 Å². The number of nitrogens with zero attached hydrogens (tertiary/aromatic N) is 1. The molecule has 0 spiro atoms. The molecule has 3 aromatic carbocycles. The highest BCUT2D eigenvalue weighted by Crippen LogP contribution is 2.35. The molecule has 0 bridgehead atoms. The van der Waals surface area contributed by atoms with Gasteiger partial charge in [0, 0.05) is 17.9 Å². The Morgan fingerprint density at radius 2 is 1.62 bits per heavy atom. The molecule has 8 nitrogen and oxygen atoms in total. The Kier molecular flexibility index (Phi) is 5.83. The lowest BCUT2D eigenvalue weighted by Crippen LogP contribution is -2.29. The summed E-state index contributed by atoms with van der Waals surface area (Å²) >= 11 is 0. The molecule has 32 heavy (non-hydrogen) atoms. The van der Waals surface area contributed by atoms with E-state index in [2.05, 4.69) is 15.4 Å². The number of esters is 1. The van der Waals surface area contributed by atoms with Crippen LogP contribution >= 0.6 is 0 Å². The first-order chi connectivity index (χ1) is 15.4. The highest BCUT2D eigenvalue weighted by Gasteiger charge is 2.31. The van der Waals surface area contributed by atoms with E-state index in [1.54, 1.807) is 60.7 Å². The molecule has 0 aromatic heterocycles. The minimum atomic E-state index is -3.70. The molecule has 0 fully saturated rings. The third-order valence-electron chi connectivity index (χ3n) is 5.07. The molecule has 2 N–H and O–H groups in total. The van der Waals surface area contributed by atoms with Gasteiger partial charge < -0.3 is 15.4 Å². The van der Waals surface area contributed by atoms with Gasteiger partial charge in [0.25, 0.3) is 10.0 Å². The average molecular weight is 452 g/mol. The van der Waals surface area contributed by atoms with Gasteiger partial charge in [-0.1, -0.05) is 30.3 Å². The number of hydrogen-bond donors (Lipinski definition) is 2. The normalized spacial score (nSPS) is 12.7. The van der Waals surface area contributed by atoms with Crippen LogP contribution in [0.25, 0.3) is 0 Å². The molecule has 0 saturated heterocycles. The predicted octanol–water partition coefficient (Wildman–Crippen LogP) is 3.87. The minimum absolute atomic E-state index is 0.217. The molecule has 0 atom stereocenters. The number of carbonyl (C=O) groups is 2. The van der Waals surface area contributed by atoms with Crippen LogP contribution in [0.1, 0.15) is 15.9 Å². The fraction of sp³-hybridized carbons (Fsp3) is 0.130. The molecule has 1 aliphatic heterocycles. The Balaban J connectivity index is 1.52. The van der Waals surface area contributed by atoms with Crippen LogP contribution in [-0.2, 0) is 21.2 Å². The van der Waals surface area contributed by atoms with E-state index in [4.69, 9.17) is 0 Å². The van der Waals surface area contributed by atoms with Crippen molar-refractivity contribution in [3.8, 4) is 0 Å². The summed E-state index contributed by atoms with van der Waals surface area (Å²) in [6.07, 6.45) is 0.591. The zero-order valence-electron chi connectivity index (χ0n) is 17.2. The maximum absolute atomic E-state index is 13.1. The fourth-order valence-corrected chi connectivity index (χ4v) is 5.05. The van der Waals surface area contributed by atoms with E-state index in [9.17, 15) is 18.0 Å². The Hall–Kier alpha value is -3.85. The van der Waals surface area contributed by atoms with Gasteiger partial charge in [-0.05, 0) is 54.4 Å². The van der Waals surface area contributed by atoms with Gasteiger partial charge in [0.1, 0.15) is 0 Å². The summed E-state index contributed by atoms with van der Waals surface area (Å²) in [6, 6.07) is 19.3. The smallest absolute Gasteiger partial charge is 0.337 e. The number of rotatable bonds is 5. The summed E-state index contributed by atoms with van der Waals surface area (Å²) in [6.45, 7) is 0.336. The number of benzene rings is 3. The maximum atomic E-state index is 13.1. The lowest BCUT2D eigenvalue weighted by Gasteiger charge is -2.20. The Labute approximate surface area is 185 Å². The molecule has 164 valence electrons. The van der Waals surface area contributed by atoms with Crippen LogP contribution in [0.2, 0.25) is 0 Å². The fourth-order valence-electron chi connectivity index (χ4n) is 3.53. The van der Waals surface area contributed by atoms with E-state index in [1.807, 2.05) is 6.07 Å². The molecule has 1 aliphatic rings. The van der Waals surface area contributed by atoms with Crippen molar-refractivity contribution in [2.75, 3.05) is 28.6 Å². The minimum Gasteiger partial charge on any atom is -0.465 e. The molecule has 2 amide bonds. The monoisotopic (exact) mass is 451 g/mol. The molecule has 0 radical (unpaired) electrons. The molecule has 0 saturated carbocycles. The third kappa shape index (κ3) is 4.28. The molecule has 1 heterocycles. The number of nitrogens with one attached hydrogen (secondary N) is 2. The Morgan fingerprint density at radius 3 is 2.34 bits per heavy atom. The van der Waals surface area contributed by atoms with E-state index < -0.39 is 22.0 Å². The van der Waals surface area contributed by atoms with Crippen LogP contribution in [0, 0.1) is 0 Å². The lowest BCUT2D eigenvalue weighted by molar-refractivity contribution is 0.0600. The first-order valence-corrected chi connectivity index (χ1v) is 11.3. The zero-order valence-corrected chi connectivity index (χ0v) is 18.1. The predicted molar refractivity (Wildman–Crippen MR) is 122 cm³/mol. The second-order valence-electron chi connectivity index (χ2n) is 7.14. The van der Waals surface area contributed by atoms with E-state index in [0.29, 0.717) is 35.6 Å². The number of hydrogen-bond acceptors (Lipinski definition) is 5. The van der Waals surface area contributed by atoms with Gasteiger partial charge in [-0.3, -0.25) is 4.31 Å². The van der Waals surface area contributed by atoms with Gasteiger partial charge in [-0.2, -0.15) is 0 Å². The maximum Gasteiger partial charge on any atom is 0.337 e. The van der Waals surface area contributed by atoms with Crippen molar-refractivity contribution in [2.45, 2.75) is 11.3 Å². The molecule has 3 aromatic rings. The van der Waals surface area contributed by atoms with Gasteiger partial charge in [-0.25, -0.2) is 18.0 Å². The number of ether oxygens (including phenoxy) is 1. The first kappa shape index (κ1) is 21.4. The van der Waals surface area contributed by atoms with Crippen LogP contribution in [0.3, 0.4) is 0 Å². The molecule has 4 rings (SSSR count). The molecule has 0 aliphatic carbocycles. The van der Waals surface area contributed by atoms with Crippen molar-refractivity contribution in [2.24, 2.45) is 0 Å². The van der Waals surface area contributed by atoms with Crippen molar-refractivity contribution >= 4 is 39.1 Å². The molecular formula is C23H21N3O5S. The van der Waals surface area contributed by atoms with Crippen molar-refractivity contribution in [3.05, 3.63) is 83.9 Å². The van der Waals surface area contributed by atoms with Crippen LogP contribution in [0.5, 0.6) is 0 Å². The number of amides is 2. The van der Waals surface area contributed by atoms with Gasteiger partial charge in [-0.15, -0.1) is 0 Å². The van der Waals surface area contributed by atoms with Crippen LogP contribution in [0.15, 0.2) is 77.7 Å². The van der Waals surface area contributed by atoms with Crippen LogP contribution in [0.4, 0.5) is 21.9 Å². The Morgan fingerprint density at radius 1 is 0.906 bits per heavy atom. The highest BCUT2D eigenvalue weighted by atomic mass is 32.2. The average Bonchev–Trinajstić information content (AvgIpc) is 3.23. The summed E-state index contributed by atoms with van der Waals surface area (Å²) in [4.78, 5) is 24.3. The molecule has 9 heteroatoms. The van der Waals surface area contributed by atoms with Gasteiger partial charge in [0.15, 0.2) is 0 Å². The number of anilines is 3. The number of methoxy groups -OCH3 is 1. The van der Waals surface area contributed by atoms with Gasteiger partial charge >= 0.3 is 12.0 Å². The van der Waals surface area contributed by atoms with Crippen LogP contribution < -0.4 is 14.9 Å². The standard InChI is InChI=1S/C23H21N3O5S/c1-31-22(27)17-6-5-7-18(14-17)24-23(28)25-19-11-10-16-12-13-26(21(16)15-19)32(29,30)20-8-3-2-4-9-20/h2-11,14-15H,12-13H2,1H3,(H2,24,25,28). The largest absolute Gasteiger partial charge is 0.465 e. The van der Waals surface area contributed by atoms with E-state index in [-0.39, 0.29) is 4.90 Å². The van der Waals surface area contributed by atoms with Crippen molar-refractivity contribution in [1.82, 2.24) is 0 Å². The number of sulfonamides is 1. The first-order valence-electron chi connectivity index (χ1n) is 9.85. The number of urea groups is 1. The summed E-state index contributed by atoms with van der Waals surface area (Å²) in [5.41, 5.74) is 2.60. The van der Waals surface area contributed by atoms with E-state index in [1.165, 1.54) is 17.5 Å². The van der Waals surface area contributed by atoms with Gasteiger partial charge in [0.2, 0.25) is 0 Å². The topological polar surface area (TPSA) is 105 Å². The quantitative estimate of drug-likeness (QED) is 0.573. The van der Waals surface area contributed by atoms with Gasteiger partial charge in [0.05, 0.1) is 23.3 Å². The van der Waals surface area contributed by atoms with Crippen molar-refractivity contribution in [3.63, 3.8) is 0 Å². The summed E-state index contributed by atoms with van der Waals surface area (Å²) in [5.74, 6) is -0.507. The second kappa shape index (κ2) is 8.72. The second-order valence-corrected chi connectivity index (χ2v) is 9.00. The van der Waals surface area contributed by atoms with Crippen LogP contribution in [-0.4, -0.2) is 34.1 Å². The number of fused-ring (bicyclic) bond motifs is 1. The number of carbonyl (C=O) groups excluding carboxylic acids is 2. The summed E-state index contributed by atoms with van der Waals surface area (Å²) in [7, 11) is -2.42. The van der Waals surface area contributed by atoms with Crippen molar-refractivity contribution < 1.29 is 22.7 Å². The molecule has 0 unspecified atom stereocenters. The highest BCUT2D eigenvalue weighted by molar-refractivity contribution is 7.92. The zero-order chi connectivity index (χ0) is 22.7. The third-order valence-corrected chi connectivity index (χ3v) is 6.90. The summed E-state index contributed by atoms with van der Waals surface area (Å²) in [5, 5.41) is 5.36.